The van der Waals surface area contributed by atoms with Crippen molar-refractivity contribution in [2.24, 2.45) is 0 Å². The van der Waals surface area contributed by atoms with Crippen LogP contribution < -0.4 is 15.5 Å². The highest BCUT2D eigenvalue weighted by molar-refractivity contribution is 5.44. The molecule has 2 heterocycles. The van der Waals surface area contributed by atoms with E-state index < -0.39 is 0 Å². The van der Waals surface area contributed by atoms with Crippen LogP contribution in [0.4, 0.5) is 17.8 Å². The zero-order chi connectivity index (χ0) is 16.5. The van der Waals surface area contributed by atoms with Gasteiger partial charge in [0.2, 0.25) is 17.8 Å². The molecule has 2 N–H and O–H groups in total. The lowest BCUT2D eigenvalue weighted by atomic mass is 10.1. The van der Waals surface area contributed by atoms with Crippen molar-refractivity contribution in [1.82, 2.24) is 15.0 Å². The molecule has 1 saturated heterocycles. The first-order valence-corrected chi connectivity index (χ1v) is 8.09. The zero-order valence-electron chi connectivity index (χ0n) is 13.8. The van der Waals surface area contributed by atoms with Gasteiger partial charge in [-0.15, -0.1) is 13.2 Å². The van der Waals surface area contributed by atoms with Gasteiger partial charge in [-0.25, -0.2) is 0 Å². The molecule has 1 aromatic rings. The number of nitrogens with one attached hydrogen (secondary N) is 2. The molecule has 23 heavy (non-hydrogen) atoms. The molecule has 2 rings (SSSR count). The maximum atomic E-state index is 5.75. The highest BCUT2D eigenvalue weighted by Crippen LogP contribution is 2.20. The standard InChI is InChI=1S/C16H26N6O/c1-4-9-17-14-19-15(18-10-5-2)21-16(20-14)22-11-7-8-13(12-22)23-6-3/h4-5,13H,1-2,6-12H2,3H3,(H2,17,18,19,20,21). The summed E-state index contributed by atoms with van der Waals surface area (Å²) < 4.78 is 5.75. The van der Waals surface area contributed by atoms with Crippen molar-refractivity contribution in [3.05, 3.63) is 25.3 Å². The van der Waals surface area contributed by atoms with Crippen molar-refractivity contribution in [1.29, 1.82) is 0 Å². The minimum absolute atomic E-state index is 0.236. The molecule has 1 atom stereocenters. The molecule has 1 aromatic heterocycles. The van der Waals surface area contributed by atoms with E-state index in [2.05, 4.69) is 43.6 Å². The number of hydrogen-bond donors (Lipinski definition) is 2. The largest absolute Gasteiger partial charge is 0.377 e. The van der Waals surface area contributed by atoms with Gasteiger partial charge < -0.3 is 20.3 Å². The molecule has 0 radical (unpaired) electrons. The third kappa shape index (κ3) is 5.21. The predicted molar refractivity (Wildman–Crippen MR) is 94.1 cm³/mol. The van der Waals surface area contributed by atoms with Crippen molar-refractivity contribution in [3.63, 3.8) is 0 Å². The van der Waals surface area contributed by atoms with Crippen LogP contribution in [0.1, 0.15) is 19.8 Å². The van der Waals surface area contributed by atoms with Gasteiger partial charge in [0.1, 0.15) is 0 Å². The third-order valence-corrected chi connectivity index (χ3v) is 3.50. The second-order valence-corrected chi connectivity index (χ2v) is 5.29. The monoisotopic (exact) mass is 318 g/mol. The lowest BCUT2D eigenvalue weighted by Gasteiger charge is -2.32. The van der Waals surface area contributed by atoms with Gasteiger partial charge in [-0.3, -0.25) is 0 Å². The van der Waals surface area contributed by atoms with E-state index >= 15 is 0 Å². The number of ether oxygens (including phenoxy) is 1. The van der Waals surface area contributed by atoms with Gasteiger partial charge >= 0.3 is 0 Å². The van der Waals surface area contributed by atoms with E-state index in [0.717, 1.165) is 32.5 Å². The Balaban J connectivity index is 2.17. The molecule has 0 aliphatic carbocycles. The van der Waals surface area contributed by atoms with Gasteiger partial charge in [0, 0.05) is 32.8 Å². The normalized spacial score (nSPS) is 17.6. The summed E-state index contributed by atoms with van der Waals surface area (Å²) in [6.07, 6.45) is 5.93. The summed E-state index contributed by atoms with van der Waals surface area (Å²) in [5, 5.41) is 6.25. The summed E-state index contributed by atoms with van der Waals surface area (Å²) in [5.41, 5.74) is 0. The molecular weight excluding hydrogens is 292 g/mol. The van der Waals surface area contributed by atoms with Crippen molar-refractivity contribution in [3.8, 4) is 0 Å². The maximum Gasteiger partial charge on any atom is 0.232 e. The van der Waals surface area contributed by atoms with E-state index in [4.69, 9.17) is 4.74 Å². The van der Waals surface area contributed by atoms with Gasteiger partial charge in [-0.05, 0) is 19.8 Å². The molecule has 126 valence electrons. The minimum Gasteiger partial charge on any atom is -0.377 e. The second kappa shape index (κ2) is 9.09. The van der Waals surface area contributed by atoms with Gasteiger partial charge in [0.05, 0.1) is 6.10 Å². The van der Waals surface area contributed by atoms with Crippen LogP contribution in [0.15, 0.2) is 25.3 Å². The first kappa shape index (κ1) is 17.2. The molecule has 0 aromatic carbocycles. The van der Waals surface area contributed by atoms with Gasteiger partial charge in [0.25, 0.3) is 0 Å². The van der Waals surface area contributed by atoms with E-state index in [9.17, 15) is 0 Å². The number of piperidine rings is 1. The van der Waals surface area contributed by atoms with Crippen LogP contribution in [-0.4, -0.2) is 53.8 Å². The quantitative estimate of drug-likeness (QED) is 0.675. The first-order chi connectivity index (χ1) is 11.3. The molecule has 0 amide bonds. The SMILES string of the molecule is C=CCNc1nc(NCC=C)nc(N2CCCC(OCC)C2)n1. The topological polar surface area (TPSA) is 75.2 Å². The Labute approximate surface area is 137 Å². The molecule has 0 saturated carbocycles. The van der Waals surface area contributed by atoms with Crippen molar-refractivity contribution < 1.29 is 4.74 Å². The highest BCUT2D eigenvalue weighted by Gasteiger charge is 2.23. The van der Waals surface area contributed by atoms with Crippen LogP contribution in [0.2, 0.25) is 0 Å². The number of rotatable bonds is 9. The number of anilines is 3. The average Bonchev–Trinajstić information content (AvgIpc) is 2.58. The lowest BCUT2D eigenvalue weighted by molar-refractivity contribution is 0.0523. The third-order valence-electron chi connectivity index (χ3n) is 3.50. The molecule has 1 aliphatic rings. The molecule has 7 nitrogen and oxygen atoms in total. The lowest BCUT2D eigenvalue weighted by Crippen LogP contribution is -2.40. The Morgan fingerprint density at radius 2 is 1.83 bits per heavy atom. The summed E-state index contributed by atoms with van der Waals surface area (Å²) in [7, 11) is 0. The first-order valence-electron chi connectivity index (χ1n) is 8.09. The summed E-state index contributed by atoms with van der Waals surface area (Å²) in [6, 6.07) is 0. The smallest absolute Gasteiger partial charge is 0.232 e. The summed E-state index contributed by atoms with van der Waals surface area (Å²) >= 11 is 0. The molecule has 0 bridgehead atoms. The zero-order valence-corrected chi connectivity index (χ0v) is 13.8. The van der Waals surface area contributed by atoms with Crippen molar-refractivity contribution in [2.75, 3.05) is 48.3 Å². The van der Waals surface area contributed by atoms with Crippen LogP contribution in [0.25, 0.3) is 0 Å². The Kier molecular flexibility index (Phi) is 6.80. The molecule has 0 spiro atoms. The molecule has 1 aliphatic heterocycles. The maximum absolute atomic E-state index is 5.75. The molecule has 7 heteroatoms. The fourth-order valence-electron chi connectivity index (χ4n) is 2.48. The minimum atomic E-state index is 0.236. The summed E-state index contributed by atoms with van der Waals surface area (Å²) in [4.78, 5) is 15.6. The van der Waals surface area contributed by atoms with Crippen molar-refractivity contribution in [2.45, 2.75) is 25.9 Å². The average molecular weight is 318 g/mol. The molecule has 1 fully saturated rings. The van der Waals surface area contributed by atoms with Crippen LogP contribution in [0.3, 0.4) is 0 Å². The van der Waals surface area contributed by atoms with Crippen LogP contribution >= 0.6 is 0 Å². The van der Waals surface area contributed by atoms with Crippen molar-refractivity contribution >= 4 is 17.8 Å². The number of nitrogens with zero attached hydrogens (tertiary/aromatic N) is 4. The van der Waals surface area contributed by atoms with E-state index in [1.165, 1.54) is 0 Å². The molecule has 1 unspecified atom stereocenters. The Morgan fingerprint density at radius 1 is 1.17 bits per heavy atom. The predicted octanol–water partition coefficient (Wildman–Crippen LogP) is 2.07. The fourth-order valence-corrected chi connectivity index (χ4v) is 2.48. The van der Waals surface area contributed by atoms with Crippen LogP contribution in [-0.2, 0) is 4.74 Å². The number of aromatic nitrogens is 3. The Bertz CT molecular complexity index is 489. The van der Waals surface area contributed by atoms with E-state index in [1.807, 2.05) is 6.92 Å². The van der Waals surface area contributed by atoms with Gasteiger partial charge in [0.15, 0.2) is 0 Å². The summed E-state index contributed by atoms with van der Waals surface area (Å²) in [5.74, 6) is 1.75. The highest BCUT2D eigenvalue weighted by atomic mass is 16.5. The van der Waals surface area contributed by atoms with Crippen LogP contribution in [0, 0.1) is 0 Å². The fraction of sp³-hybridized carbons (Fsp3) is 0.562. The second-order valence-electron chi connectivity index (χ2n) is 5.29. The van der Waals surface area contributed by atoms with Gasteiger partial charge in [-0.2, -0.15) is 15.0 Å². The van der Waals surface area contributed by atoms with Gasteiger partial charge in [-0.1, -0.05) is 12.2 Å². The van der Waals surface area contributed by atoms with E-state index in [0.29, 0.717) is 30.9 Å². The Hall–Kier alpha value is -2.15. The van der Waals surface area contributed by atoms with E-state index in [-0.39, 0.29) is 6.10 Å². The summed E-state index contributed by atoms with van der Waals surface area (Å²) in [6.45, 7) is 13.1. The molecular formula is C16H26N6O. The van der Waals surface area contributed by atoms with Crippen LogP contribution in [0.5, 0.6) is 0 Å². The Morgan fingerprint density at radius 3 is 2.39 bits per heavy atom. The number of hydrogen-bond acceptors (Lipinski definition) is 7. The van der Waals surface area contributed by atoms with E-state index in [1.54, 1.807) is 12.2 Å².